The molecule has 2 rings (SSSR count). The van der Waals surface area contributed by atoms with E-state index in [1.54, 1.807) is 11.0 Å². The van der Waals surface area contributed by atoms with Crippen molar-refractivity contribution in [3.63, 3.8) is 0 Å². The van der Waals surface area contributed by atoms with Gasteiger partial charge >= 0.3 is 0 Å². The molecular formula is C12H16N2O2. The molecule has 1 aliphatic rings. The smallest absolute Gasteiger partial charge is 0.256 e. The number of nitrogens with two attached hydrogens (primary N) is 1. The molecule has 1 aromatic rings. The van der Waals surface area contributed by atoms with E-state index in [1.165, 1.54) is 0 Å². The van der Waals surface area contributed by atoms with Gasteiger partial charge in [-0.25, -0.2) is 0 Å². The van der Waals surface area contributed by atoms with Crippen molar-refractivity contribution in [2.24, 2.45) is 0 Å². The van der Waals surface area contributed by atoms with Gasteiger partial charge in [-0.3, -0.25) is 4.79 Å². The molecule has 1 heterocycles. The number of benzene rings is 1. The molecule has 1 amide bonds. The fraction of sp³-hybridized carbons (Fsp3) is 0.417. The fourth-order valence-electron chi connectivity index (χ4n) is 1.80. The van der Waals surface area contributed by atoms with E-state index in [-0.39, 0.29) is 5.91 Å². The predicted octanol–water partition coefficient (Wildman–Crippen LogP) is 1.05. The van der Waals surface area contributed by atoms with E-state index in [1.807, 2.05) is 19.1 Å². The summed E-state index contributed by atoms with van der Waals surface area (Å²) < 4.78 is 5.21. The zero-order valence-corrected chi connectivity index (χ0v) is 9.40. The van der Waals surface area contributed by atoms with Gasteiger partial charge in [-0.15, -0.1) is 0 Å². The van der Waals surface area contributed by atoms with Crippen LogP contribution in [0.1, 0.15) is 15.9 Å². The highest BCUT2D eigenvalue weighted by molar-refractivity contribution is 5.99. The van der Waals surface area contributed by atoms with Crippen molar-refractivity contribution in [1.82, 2.24) is 4.90 Å². The Hall–Kier alpha value is -1.55. The van der Waals surface area contributed by atoms with Gasteiger partial charge in [0.1, 0.15) is 0 Å². The predicted molar refractivity (Wildman–Crippen MR) is 62.3 cm³/mol. The highest BCUT2D eigenvalue weighted by Crippen LogP contribution is 2.18. The lowest BCUT2D eigenvalue weighted by molar-refractivity contribution is 0.0303. The molecule has 16 heavy (non-hydrogen) atoms. The Labute approximate surface area is 95.0 Å². The molecule has 0 bridgehead atoms. The topological polar surface area (TPSA) is 55.6 Å². The van der Waals surface area contributed by atoms with Crippen LogP contribution in [0.4, 0.5) is 5.69 Å². The number of nitrogens with zero attached hydrogens (tertiary/aromatic N) is 1. The van der Waals surface area contributed by atoms with Gasteiger partial charge in [0.2, 0.25) is 0 Å². The highest BCUT2D eigenvalue weighted by atomic mass is 16.5. The zero-order chi connectivity index (χ0) is 11.5. The van der Waals surface area contributed by atoms with Crippen LogP contribution in [0.15, 0.2) is 18.2 Å². The summed E-state index contributed by atoms with van der Waals surface area (Å²) in [6, 6.07) is 5.55. The number of hydrogen-bond acceptors (Lipinski definition) is 3. The van der Waals surface area contributed by atoms with Crippen LogP contribution in [0.5, 0.6) is 0 Å². The minimum atomic E-state index is 0.00417. The molecular weight excluding hydrogens is 204 g/mol. The monoisotopic (exact) mass is 220 g/mol. The number of amides is 1. The van der Waals surface area contributed by atoms with Crippen LogP contribution in [-0.4, -0.2) is 37.1 Å². The molecule has 0 aromatic heterocycles. The van der Waals surface area contributed by atoms with Crippen LogP contribution in [0, 0.1) is 6.92 Å². The molecule has 0 atom stereocenters. The van der Waals surface area contributed by atoms with Crippen molar-refractivity contribution in [3.8, 4) is 0 Å². The van der Waals surface area contributed by atoms with E-state index >= 15 is 0 Å². The molecule has 0 aliphatic carbocycles. The highest BCUT2D eigenvalue weighted by Gasteiger charge is 2.20. The maximum atomic E-state index is 12.2. The summed E-state index contributed by atoms with van der Waals surface area (Å²) in [5.41, 5.74) is 8.04. The molecule has 1 fully saturated rings. The van der Waals surface area contributed by atoms with Crippen molar-refractivity contribution < 1.29 is 9.53 Å². The largest absolute Gasteiger partial charge is 0.398 e. The van der Waals surface area contributed by atoms with Gasteiger partial charge in [-0.1, -0.05) is 12.1 Å². The lowest BCUT2D eigenvalue weighted by Crippen LogP contribution is -2.41. The van der Waals surface area contributed by atoms with E-state index in [0.717, 1.165) is 5.56 Å². The third-order valence-electron chi connectivity index (χ3n) is 2.85. The van der Waals surface area contributed by atoms with Crippen molar-refractivity contribution in [2.75, 3.05) is 32.0 Å². The summed E-state index contributed by atoms with van der Waals surface area (Å²) in [6.45, 7) is 4.42. The molecule has 2 N–H and O–H groups in total. The first-order chi connectivity index (χ1) is 7.70. The molecule has 4 nitrogen and oxygen atoms in total. The molecule has 0 spiro atoms. The number of anilines is 1. The maximum Gasteiger partial charge on any atom is 0.256 e. The third kappa shape index (κ3) is 2.02. The SMILES string of the molecule is Cc1cccc(C(=O)N2CCOCC2)c1N. The number of carbonyl (C=O) groups excluding carboxylic acids is 1. The quantitative estimate of drug-likeness (QED) is 0.720. The standard InChI is InChI=1S/C12H16N2O2/c1-9-3-2-4-10(11(9)13)12(15)14-5-7-16-8-6-14/h2-4H,5-8,13H2,1H3. The van der Waals surface area contributed by atoms with Gasteiger partial charge in [-0.05, 0) is 18.6 Å². The molecule has 0 radical (unpaired) electrons. The van der Waals surface area contributed by atoms with Gasteiger partial charge in [0, 0.05) is 18.8 Å². The Morgan fingerprint density at radius 3 is 2.75 bits per heavy atom. The van der Waals surface area contributed by atoms with Crippen LogP contribution in [0.25, 0.3) is 0 Å². The van der Waals surface area contributed by atoms with Gasteiger partial charge < -0.3 is 15.4 Å². The Balaban J connectivity index is 2.22. The Morgan fingerprint density at radius 2 is 2.06 bits per heavy atom. The molecule has 0 saturated carbocycles. The van der Waals surface area contributed by atoms with Crippen LogP contribution in [0.2, 0.25) is 0 Å². The van der Waals surface area contributed by atoms with E-state index in [9.17, 15) is 4.79 Å². The maximum absolute atomic E-state index is 12.2. The average molecular weight is 220 g/mol. The van der Waals surface area contributed by atoms with Crippen molar-refractivity contribution in [2.45, 2.75) is 6.92 Å². The second-order valence-electron chi connectivity index (χ2n) is 3.94. The summed E-state index contributed by atoms with van der Waals surface area (Å²) in [5.74, 6) is 0.00417. The van der Waals surface area contributed by atoms with Crippen LogP contribution >= 0.6 is 0 Å². The van der Waals surface area contributed by atoms with E-state index in [0.29, 0.717) is 37.6 Å². The first-order valence-corrected chi connectivity index (χ1v) is 5.42. The van der Waals surface area contributed by atoms with Gasteiger partial charge in [0.25, 0.3) is 5.91 Å². The normalized spacial score (nSPS) is 16.2. The van der Waals surface area contributed by atoms with E-state index in [2.05, 4.69) is 0 Å². The summed E-state index contributed by atoms with van der Waals surface area (Å²) in [4.78, 5) is 13.9. The molecule has 0 unspecified atom stereocenters. The summed E-state index contributed by atoms with van der Waals surface area (Å²) in [5, 5.41) is 0. The van der Waals surface area contributed by atoms with E-state index in [4.69, 9.17) is 10.5 Å². The van der Waals surface area contributed by atoms with Crippen molar-refractivity contribution >= 4 is 11.6 Å². The second-order valence-corrected chi connectivity index (χ2v) is 3.94. The van der Waals surface area contributed by atoms with Gasteiger partial charge in [0.05, 0.1) is 18.8 Å². The molecule has 1 aromatic carbocycles. The first-order valence-electron chi connectivity index (χ1n) is 5.42. The summed E-state index contributed by atoms with van der Waals surface area (Å²) in [7, 11) is 0. The molecule has 4 heteroatoms. The molecule has 86 valence electrons. The summed E-state index contributed by atoms with van der Waals surface area (Å²) >= 11 is 0. The lowest BCUT2D eigenvalue weighted by Gasteiger charge is -2.27. The third-order valence-corrected chi connectivity index (χ3v) is 2.85. The number of para-hydroxylation sites is 1. The van der Waals surface area contributed by atoms with Gasteiger partial charge in [0.15, 0.2) is 0 Å². The van der Waals surface area contributed by atoms with Crippen molar-refractivity contribution in [3.05, 3.63) is 29.3 Å². The lowest BCUT2D eigenvalue weighted by atomic mass is 10.1. The fourth-order valence-corrected chi connectivity index (χ4v) is 1.80. The number of nitrogen functional groups attached to an aromatic ring is 1. The number of aryl methyl sites for hydroxylation is 1. The summed E-state index contributed by atoms with van der Waals surface area (Å²) in [6.07, 6.45) is 0. The second kappa shape index (κ2) is 4.53. The van der Waals surface area contributed by atoms with Crippen molar-refractivity contribution in [1.29, 1.82) is 0 Å². The van der Waals surface area contributed by atoms with Crippen LogP contribution in [-0.2, 0) is 4.74 Å². The first kappa shape index (κ1) is 11.0. The number of hydrogen-bond donors (Lipinski definition) is 1. The van der Waals surface area contributed by atoms with Crippen LogP contribution < -0.4 is 5.73 Å². The van der Waals surface area contributed by atoms with Crippen LogP contribution in [0.3, 0.4) is 0 Å². The zero-order valence-electron chi connectivity index (χ0n) is 9.40. The number of morpholine rings is 1. The Morgan fingerprint density at radius 1 is 1.38 bits per heavy atom. The average Bonchev–Trinajstić information content (AvgIpc) is 2.33. The number of rotatable bonds is 1. The minimum absolute atomic E-state index is 0.00417. The molecule has 1 saturated heterocycles. The van der Waals surface area contributed by atoms with Gasteiger partial charge in [-0.2, -0.15) is 0 Å². The Bertz CT molecular complexity index is 398. The molecule has 1 aliphatic heterocycles. The number of carbonyl (C=O) groups is 1. The van der Waals surface area contributed by atoms with E-state index < -0.39 is 0 Å². The Kier molecular flexibility index (Phi) is 3.10. The minimum Gasteiger partial charge on any atom is -0.398 e. The number of ether oxygens (including phenoxy) is 1.